The zero-order valence-corrected chi connectivity index (χ0v) is 18.7. The molecular weight excluding hydrogens is 469 g/mol. The second-order valence-corrected chi connectivity index (χ2v) is 8.24. The largest absolute Gasteiger partial charge is 0.424 e. The molecule has 34 heavy (non-hydrogen) atoms. The number of carbonyl (C=O) groups is 1. The number of rotatable bonds is 6. The molecule has 0 saturated heterocycles. The van der Waals surface area contributed by atoms with Crippen molar-refractivity contribution in [3.63, 3.8) is 0 Å². The Morgan fingerprint density at radius 1 is 1.15 bits per heavy atom. The van der Waals surface area contributed by atoms with Gasteiger partial charge < -0.3 is 15.0 Å². The molecule has 0 fully saturated rings. The topological polar surface area (TPSA) is 80.0 Å². The lowest BCUT2D eigenvalue weighted by atomic mass is 9.97. The van der Waals surface area contributed by atoms with E-state index in [0.717, 1.165) is 10.1 Å². The van der Waals surface area contributed by atoms with Gasteiger partial charge in [0.05, 0.1) is 16.8 Å². The number of pyridine rings is 1. The maximum atomic E-state index is 13.7. The van der Waals surface area contributed by atoms with Crippen molar-refractivity contribution >= 4 is 28.4 Å². The van der Waals surface area contributed by atoms with Crippen LogP contribution in [0.15, 0.2) is 67.0 Å². The molecule has 176 valence electrons. The third-order valence-corrected chi connectivity index (χ3v) is 5.79. The van der Waals surface area contributed by atoms with E-state index in [1.165, 1.54) is 19.4 Å². The molecule has 2 N–H and O–H groups in total. The van der Waals surface area contributed by atoms with E-state index in [1.807, 2.05) is 0 Å². The highest BCUT2D eigenvalue weighted by molar-refractivity contribution is 6.30. The fourth-order valence-electron chi connectivity index (χ4n) is 3.73. The van der Waals surface area contributed by atoms with Crippen LogP contribution in [0.4, 0.5) is 13.2 Å². The Morgan fingerprint density at radius 3 is 2.50 bits per heavy atom. The summed E-state index contributed by atoms with van der Waals surface area (Å²) in [5.74, 6) is -1.13. The van der Waals surface area contributed by atoms with Gasteiger partial charge in [-0.25, -0.2) is 9.97 Å². The van der Waals surface area contributed by atoms with Crippen LogP contribution in [0.2, 0.25) is 5.02 Å². The second-order valence-electron chi connectivity index (χ2n) is 7.80. The summed E-state index contributed by atoms with van der Waals surface area (Å²) in [5.41, 5.74) is -1.17. The Morgan fingerprint density at radius 2 is 1.85 bits per heavy atom. The number of para-hydroxylation sites is 1. The number of fused-ring (bicyclic) bond motifs is 1. The maximum Gasteiger partial charge on any atom is 0.424 e. The van der Waals surface area contributed by atoms with Crippen molar-refractivity contribution in [3.05, 3.63) is 83.4 Å². The Hall–Kier alpha value is -3.43. The van der Waals surface area contributed by atoms with Crippen molar-refractivity contribution in [2.75, 3.05) is 6.54 Å². The number of halogens is 4. The molecule has 0 bridgehead atoms. The first-order valence-corrected chi connectivity index (χ1v) is 10.7. The molecule has 4 aromatic rings. The van der Waals surface area contributed by atoms with Crippen LogP contribution >= 0.6 is 11.6 Å². The van der Waals surface area contributed by atoms with Crippen LogP contribution in [0.3, 0.4) is 0 Å². The van der Waals surface area contributed by atoms with Gasteiger partial charge in [-0.2, -0.15) is 13.2 Å². The smallest absolute Gasteiger partial charge is 0.374 e. The van der Waals surface area contributed by atoms with E-state index >= 15 is 0 Å². The minimum Gasteiger partial charge on any atom is -0.374 e. The van der Waals surface area contributed by atoms with E-state index in [-0.39, 0.29) is 5.56 Å². The number of aromatic nitrogens is 3. The van der Waals surface area contributed by atoms with Crippen molar-refractivity contribution in [3.8, 4) is 11.3 Å². The van der Waals surface area contributed by atoms with Gasteiger partial charge in [-0.15, -0.1) is 0 Å². The van der Waals surface area contributed by atoms with Crippen LogP contribution in [-0.2, 0) is 12.6 Å². The van der Waals surface area contributed by atoms with Gasteiger partial charge >= 0.3 is 6.18 Å². The third-order valence-electron chi connectivity index (χ3n) is 5.53. The highest BCUT2D eigenvalue weighted by atomic mass is 35.5. The van der Waals surface area contributed by atoms with Gasteiger partial charge in [0.15, 0.2) is 0 Å². The number of aryl methyl sites for hydroxylation is 1. The average molecular weight is 489 g/mol. The van der Waals surface area contributed by atoms with Crippen molar-refractivity contribution in [2.45, 2.75) is 18.2 Å². The molecule has 0 aliphatic rings. The number of benzene rings is 2. The van der Waals surface area contributed by atoms with Crippen molar-refractivity contribution < 1.29 is 23.1 Å². The van der Waals surface area contributed by atoms with Crippen LogP contribution in [0, 0.1) is 0 Å². The predicted octanol–water partition coefficient (Wildman–Crippen LogP) is 4.86. The molecule has 0 aliphatic heterocycles. The zero-order chi connectivity index (χ0) is 24.5. The Bertz CT molecular complexity index is 1340. The summed E-state index contributed by atoms with van der Waals surface area (Å²) < 4.78 is 42.3. The van der Waals surface area contributed by atoms with Gasteiger partial charge in [-0.1, -0.05) is 41.9 Å². The lowest BCUT2D eigenvalue weighted by molar-refractivity contribution is -0.272. The average Bonchev–Trinajstić information content (AvgIpc) is 3.24. The second kappa shape index (κ2) is 9.08. The van der Waals surface area contributed by atoms with Gasteiger partial charge in [0, 0.05) is 48.4 Å². The number of alkyl halides is 3. The number of aliphatic hydroxyl groups is 1. The Balaban J connectivity index is 1.62. The first-order chi connectivity index (χ1) is 16.1. The van der Waals surface area contributed by atoms with E-state index in [1.54, 1.807) is 54.6 Å². The highest BCUT2D eigenvalue weighted by Gasteiger charge is 2.57. The SMILES string of the molecule is Cn1ccnc1C(O)(CCNC(=O)c1cc(-c2ccc(Cl)cc2)nc2ccccc12)C(F)(F)F. The fraction of sp³-hybridized carbons (Fsp3) is 0.208. The van der Waals surface area contributed by atoms with E-state index in [9.17, 15) is 23.1 Å². The lowest BCUT2D eigenvalue weighted by Crippen LogP contribution is -2.46. The minimum atomic E-state index is -4.98. The number of amides is 1. The van der Waals surface area contributed by atoms with Gasteiger partial charge in [0.1, 0.15) is 5.82 Å². The number of hydrogen-bond acceptors (Lipinski definition) is 4. The van der Waals surface area contributed by atoms with Crippen molar-refractivity contribution in [2.24, 2.45) is 7.05 Å². The number of hydrogen-bond donors (Lipinski definition) is 2. The molecule has 0 aliphatic carbocycles. The molecule has 10 heteroatoms. The monoisotopic (exact) mass is 488 g/mol. The first-order valence-electron chi connectivity index (χ1n) is 10.3. The summed E-state index contributed by atoms with van der Waals surface area (Å²) in [4.78, 5) is 21.3. The molecule has 2 heterocycles. The Labute approximate surface area is 198 Å². The summed E-state index contributed by atoms with van der Waals surface area (Å²) in [6, 6.07) is 15.5. The zero-order valence-electron chi connectivity index (χ0n) is 18.0. The van der Waals surface area contributed by atoms with Gasteiger partial charge in [-0.3, -0.25) is 4.79 Å². The molecule has 2 aromatic carbocycles. The third kappa shape index (κ3) is 4.49. The quantitative estimate of drug-likeness (QED) is 0.406. The van der Waals surface area contributed by atoms with Crippen LogP contribution in [0.5, 0.6) is 0 Å². The normalized spacial score (nSPS) is 13.6. The van der Waals surface area contributed by atoms with Crippen molar-refractivity contribution in [1.82, 2.24) is 19.9 Å². The van der Waals surface area contributed by atoms with E-state index in [4.69, 9.17) is 11.6 Å². The number of imidazole rings is 1. The van der Waals surface area contributed by atoms with E-state index in [0.29, 0.717) is 21.6 Å². The maximum absolute atomic E-state index is 13.7. The Kier molecular flexibility index (Phi) is 6.33. The molecular formula is C24H20ClF3N4O2. The highest BCUT2D eigenvalue weighted by Crippen LogP contribution is 2.40. The summed E-state index contributed by atoms with van der Waals surface area (Å²) in [6.45, 7) is -0.436. The molecule has 0 saturated carbocycles. The van der Waals surface area contributed by atoms with Crippen LogP contribution < -0.4 is 5.32 Å². The predicted molar refractivity (Wildman–Crippen MR) is 122 cm³/mol. The number of carbonyl (C=O) groups excluding carboxylic acids is 1. The molecule has 1 amide bonds. The molecule has 4 rings (SSSR count). The van der Waals surface area contributed by atoms with E-state index < -0.39 is 36.5 Å². The summed E-state index contributed by atoms with van der Waals surface area (Å²) >= 11 is 5.96. The standard InChI is InChI=1S/C24H20ClF3N4O2/c1-32-13-12-30-22(32)23(34,24(26,27)28)10-11-29-21(33)18-14-20(15-6-8-16(25)9-7-15)31-19-5-3-2-4-17(18)19/h2-9,12-14,34H,10-11H2,1H3,(H,29,33). The summed E-state index contributed by atoms with van der Waals surface area (Å²) in [7, 11) is 1.36. The van der Waals surface area contributed by atoms with Crippen molar-refractivity contribution in [1.29, 1.82) is 0 Å². The van der Waals surface area contributed by atoms with Gasteiger partial charge in [0.25, 0.3) is 5.91 Å². The summed E-state index contributed by atoms with van der Waals surface area (Å²) in [5, 5.41) is 14.1. The van der Waals surface area contributed by atoms with Crippen LogP contribution in [-0.4, -0.2) is 38.3 Å². The first kappa shape index (κ1) is 23.7. The summed E-state index contributed by atoms with van der Waals surface area (Å²) in [6.07, 6.45) is -3.31. The number of nitrogens with zero attached hydrogens (tertiary/aromatic N) is 3. The molecule has 0 radical (unpaired) electrons. The molecule has 1 atom stereocenters. The fourth-order valence-corrected chi connectivity index (χ4v) is 3.85. The number of nitrogens with one attached hydrogen (secondary N) is 1. The molecule has 2 aromatic heterocycles. The molecule has 1 unspecified atom stereocenters. The lowest BCUT2D eigenvalue weighted by Gasteiger charge is -2.30. The minimum absolute atomic E-state index is 0.253. The van der Waals surface area contributed by atoms with Crippen LogP contribution in [0.1, 0.15) is 22.6 Å². The van der Waals surface area contributed by atoms with Gasteiger partial charge in [-0.05, 0) is 24.3 Å². The van der Waals surface area contributed by atoms with E-state index in [2.05, 4.69) is 15.3 Å². The van der Waals surface area contributed by atoms with Gasteiger partial charge in [0.2, 0.25) is 5.60 Å². The van der Waals surface area contributed by atoms with Crippen LogP contribution in [0.25, 0.3) is 22.2 Å². The molecule has 6 nitrogen and oxygen atoms in total. The molecule has 0 spiro atoms.